The van der Waals surface area contributed by atoms with Crippen molar-refractivity contribution in [3.05, 3.63) is 23.3 Å². The molecular formula is C22H28N4O4S. The van der Waals surface area contributed by atoms with Gasteiger partial charge in [-0.15, -0.1) is 0 Å². The molecule has 9 heteroatoms. The zero-order valence-corrected chi connectivity index (χ0v) is 19.2. The smallest absolute Gasteiger partial charge is 0.283 e. The topological polar surface area (TPSA) is 96.6 Å². The SMILES string of the molecule is CCCCCCCC1=NN2C(=N)/C(=C/c3cc(OC)c(OC)c(OC)c3)C(=O)N=C2S1. The number of rotatable bonds is 10. The summed E-state index contributed by atoms with van der Waals surface area (Å²) in [5, 5.41) is 15.8. The van der Waals surface area contributed by atoms with Crippen LogP contribution in [0, 0.1) is 5.41 Å². The third-order valence-electron chi connectivity index (χ3n) is 4.99. The molecule has 166 valence electrons. The van der Waals surface area contributed by atoms with Gasteiger partial charge >= 0.3 is 0 Å². The molecule has 0 saturated heterocycles. The van der Waals surface area contributed by atoms with E-state index in [1.807, 2.05) is 0 Å². The normalized spacial score (nSPS) is 16.9. The van der Waals surface area contributed by atoms with Crippen molar-refractivity contribution in [2.45, 2.75) is 45.4 Å². The van der Waals surface area contributed by atoms with Gasteiger partial charge in [-0.1, -0.05) is 32.6 Å². The number of hydrazone groups is 1. The number of fused-ring (bicyclic) bond motifs is 1. The molecule has 1 N–H and O–H groups in total. The van der Waals surface area contributed by atoms with Crippen LogP contribution in [0.25, 0.3) is 6.08 Å². The van der Waals surface area contributed by atoms with Crippen LogP contribution in [0.5, 0.6) is 17.2 Å². The first-order chi connectivity index (χ1) is 15.0. The van der Waals surface area contributed by atoms with Gasteiger partial charge in [0.25, 0.3) is 5.91 Å². The molecular weight excluding hydrogens is 416 g/mol. The maximum atomic E-state index is 12.6. The van der Waals surface area contributed by atoms with Gasteiger partial charge in [-0.25, -0.2) is 0 Å². The van der Waals surface area contributed by atoms with Crippen LogP contribution >= 0.6 is 11.8 Å². The van der Waals surface area contributed by atoms with E-state index in [0.717, 1.165) is 24.3 Å². The maximum Gasteiger partial charge on any atom is 0.283 e. The number of amidine groups is 2. The Bertz CT molecular complexity index is 930. The molecule has 0 aromatic heterocycles. The van der Waals surface area contributed by atoms with E-state index in [1.165, 1.54) is 57.4 Å². The van der Waals surface area contributed by atoms with E-state index in [4.69, 9.17) is 19.6 Å². The Morgan fingerprint density at radius 1 is 1.06 bits per heavy atom. The fourth-order valence-electron chi connectivity index (χ4n) is 3.36. The zero-order valence-electron chi connectivity index (χ0n) is 18.4. The number of thioether (sulfide) groups is 1. The number of benzene rings is 1. The predicted molar refractivity (Wildman–Crippen MR) is 124 cm³/mol. The number of aliphatic imine (C=N–C) groups is 1. The number of carbonyl (C=O) groups is 1. The van der Waals surface area contributed by atoms with Crippen LogP contribution in [-0.2, 0) is 4.79 Å². The van der Waals surface area contributed by atoms with Crippen molar-refractivity contribution in [1.82, 2.24) is 5.01 Å². The lowest BCUT2D eigenvalue weighted by Crippen LogP contribution is -2.35. The third kappa shape index (κ3) is 5.10. The van der Waals surface area contributed by atoms with Crippen molar-refractivity contribution in [2.75, 3.05) is 21.3 Å². The van der Waals surface area contributed by atoms with Gasteiger partial charge in [-0.2, -0.15) is 15.1 Å². The Morgan fingerprint density at radius 3 is 2.35 bits per heavy atom. The van der Waals surface area contributed by atoms with E-state index in [1.54, 1.807) is 18.2 Å². The predicted octanol–water partition coefficient (Wildman–Crippen LogP) is 4.69. The summed E-state index contributed by atoms with van der Waals surface area (Å²) in [4.78, 5) is 16.8. The van der Waals surface area contributed by atoms with Crippen LogP contribution in [0.3, 0.4) is 0 Å². The second kappa shape index (κ2) is 10.5. The molecule has 0 aliphatic carbocycles. The number of hydrogen-bond donors (Lipinski definition) is 1. The Hall–Kier alpha value is -2.81. The molecule has 31 heavy (non-hydrogen) atoms. The minimum absolute atomic E-state index is 0.0113. The maximum absolute atomic E-state index is 12.6. The average Bonchev–Trinajstić information content (AvgIpc) is 3.18. The lowest BCUT2D eigenvalue weighted by molar-refractivity contribution is -0.114. The molecule has 0 bridgehead atoms. The number of nitrogens with zero attached hydrogens (tertiary/aromatic N) is 3. The molecule has 3 rings (SSSR count). The fourth-order valence-corrected chi connectivity index (χ4v) is 4.29. The summed E-state index contributed by atoms with van der Waals surface area (Å²) in [6.45, 7) is 2.19. The van der Waals surface area contributed by atoms with Gasteiger partial charge in [0.05, 0.1) is 26.9 Å². The summed E-state index contributed by atoms with van der Waals surface area (Å²) in [5.74, 6) is 0.941. The molecule has 2 heterocycles. The standard InChI is InChI=1S/C22H28N4O4S/c1-5-6-7-8-9-10-18-25-26-20(23)15(21(27)24-22(26)31-18)11-14-12-16(28-2)19(30-4)17(13-14)29-3/h11-13,23H,5-10H2,1-4H3/b15-11-,23-20?. The molecule has 1 amide bonds. The third-order valence-corrected chi connectivity index (χ3v) is 5.96. The Balaban J connectivity index is 1.81. The number of ether oxygens (including phenoxy) is 3. The highest BCUT2D eigenvalue weighted by atomic mass is 32.2. The number of carbonyl (C=O) groups excluding carboxylic acids is 1. The largest absolute Gasteiger partial charge is 0.493 e. The van der Waals surface area contributed by atoms with Gasteiger partial charge in [0.1, 0.15) is 5.04 Å². The molecule has 1 aromatic carbocycles. The minimum atomic E-state index is -0.461. The fraction of sp³-hybridized carbons (Fsp3) is 0.455. The number of nitrogens with one attached hydrogen (secondary N) is 1. The van der Waals surface area contributed by atoms with Crippen LogP contribution in [-0.4, -0.2) is 48.3 Å². The average molecular weight is 445 g/mol. The molecule has 1 aromatic rings. The van der Waals surface area contributed by atoms with Crippen LogP contribution in [0.4, 0.5) is 0 Å². The highest BCUT2D eigenvalue weighted by molar-refractivity contribution is 8.26. The molecule has 0 saturated carbocycles. The molecule has 2 aliphatic heterocycles. The van der Waals surface area contributed by atoms with Crippen molar-refractivity contribution < 1.29 is 19.0 Å². The first-order valence-electron chi connectivity index (χ1n) is 10.3. The summed E-state index contributed by atoms with van der Waals surface area (Å²) in [6.07, 6.45) is 8.29. The van der Waals surface area contributed by atoms with Crippen molar-refractivity contribution in [3.63, 3.8) is 0 Å². The monoisotopic (exact) mass is 444 g/mol. The van der Waals surface area contributed by atoms with Crippen molar-refractivity contribution in [2.24, 2.45) is 10.1 Å². The Kier molecular flexibility index (Phi) is 7.73. The quantitative estimate of drug-likeness (QED) is 0.415. The number of amides is 1. The summed E-state index contributed by atoms with van der Waals surface area (Å²) in [7, 11) is 4.58. The second-order valence-electron chi connectivity index (χ2n) is 7.14. The van der Waals surface area contributed by atoms with Crippen LogP contribution in [0.15, 0.2) is 27.8 Å². The summed E-state index contributed by atoms with van der Waals surface area (Å²) >= 11 is 1.37. The first-order valence-corrected chi connectivity index (χ1v) is 11.1. The van der Waals surface area contributed by atoms with Crippen LogP contribution in [0.2, 0.25) is 0 Å². The van der Waals surface area contributed by atoms with Gasteiger partial charge in [-0.05, 0) is 48.4 Å². The van der Waals surface area contributed by atoms with Gasteiger partial charge in [0, 0.05) is 0 Å². The highest BCUT2D eigenvalue weighted by Crippen LogP contribution is 2.39. The first kappa shape index (κ1) is 22.9. The van der Waals surface area contributed by atoms with E-state index in [0.29, 0.717) is 28.0 Å². The van der Waals surface area contributed by atoms with Crippen molar-refractivity contribution in [1.29, 1.82) is 5.41 Å². The van der Waals surface area contributed by atoms with Gasteiger partial charge in [0.2, 0.25) is 10.9 Å². The number of unbranched alkanes of at least 4 members (excludes halogenated alkanes) is 4. The molecule has 8 nitrogen and oxygen atoms in total. The lowest BCUT2D eigenvalue weighted by Gasteiger charge is -2.20. The summed E-state index contributed by atoms with van der Waals surface area (Å²) in [5.41, 5.74) is 0.791. The van der Waals surface area contributed by atoms with E-state index in [-0.39, 0.29) is 11.4 Å². The minimum Gasteiger partial charge on any atom is -0.493 e. The van der Waals surface area contributed by atoms with Crippen LogP contribution in [0.1, 0.15) is 51.0 Å². The lowest BCUT2D eigenvalue weighted by atomic mass is 10.1. The summed E-state index contributed by atoms with van der Waals surface area (Å²) in [6, 6.07) is 3.44. The molecule has 0 spiro atoms. The molecule has 0 atom stereocenters. The van der Waals surface area contributed by atoms with Gasteiger partial charge in [-0.3, -0.25) is 10.2 Å². The second-order valence-corrected chi connectivity index (χ2v) is 8.18. The number of methoxy groups -OCH3 is 3. The van der Waals surface area contributed by atoms with E-state index in [2.05, 4.69) is 17.0 Å². The number of hydrogen-bond acceptors (Lipinski definition) is 7. The molecule has 0 fully saturated rings. The molecule has 2 aliphatic rings. The summed E-state index contributed by atoms with van der Waals surface area (Å²) < 4.78 is 16.1. The zero-order chi connectivity index (χ0) is 22.4. The molecule has 0 radical (unpaired) electrons. The van der Waals surface area contributed by atoms with Crippen molar-refractivity contribution >= 4 is 39.8 Å². The van der Waals surface area contributed by atoms with Crippen LogP contribution < -0.4 is 14.2 Å². The van der Waals surface area contributed by atoms with E-state index in [9.17, 15) is 4.79 Å². The van der Waals surface area contributed by atoms with Crippen molar-refractivity contribution in [3.8, 4) is 17.2 Å². The Labute approximate surface area is 186 Å². The van der Waals surface area contributed by atoms with Gasteiger partial charge in [0.15, 0.2) is 17.3 Å². The molecule has 0 unspecified atom stereocenters. The van der Waals surface area contributed by atoms with E-state index >= 15 is 0 Å². The Morgan fingerprint density at radius 2 is 1.74 bits per heavy atom. The highest BCUT2D eigenvalue weighted by Gasteiger charge is 2.35. The van der Waals surface area contributed by atoms with E-state index < -0.39 is 5.91 Å². The van der Waals surface area contributed by atoms with Gasteiger partial charge < -0.3 is 14.2 Å².